The zero-order valence-electron chi connectivity index (χ0n) is 16.0. The summed E-state index contributed by atoms with van der Waals surface area (Å²) in [5, 5.41) is 16.2. The van der Waals surface area contributed by atoms with Crippen LogP contribution in [0.2, 0.25) is 0 Å². The van der Waals surface area contributed by atoms with Crippen molar-refractivity contribution < 1.29 is 27.8 Å². The van der Waals surface area contributed by atoms with E-state index < -0.39 is 6.61 Å². The van der Waals surface area contributed by atoms with E-state index in [1.807, 2.05) is 0 Å². The van der Waals surface area contributed by atoms with E-state index in [9.17, 15) is 13.6 Å². The Kier molecular flexibility index (Phi) is 5.81. The van der Waals surface area contributed by atoms with Gasteiger partial charge in [-0.3, -0.25) is 4.79 Å². The predicted octanol–water partition coefficient (Wildman–Crippen LogP) is 2.27. The Hall–Kier alpha value is -3.19. The molecule has 1 aromatic carbocycles. The number of nitriles is 1. The molecule has 30 heavy (non-hydrogen) atoms. The van der Waals surface area contributed by atoms with Crippen LogP contribution in [0.15, 0.2) is 24.3 Å². The number of aromatic nitrogens is 2. The minimum absolute atomic E-state index is 0.0318. The van der Waals surface area contributed by atoms with Crippen molar-refractivity contribution in [3.63, 3.8) is 0 Å². The first-order valence-electron chi connectivity index (χ1n) is 9.63. The van der Waals surface area contributed by atoms with Gasteiger partial charge in [-0.1, -0.05) is 0 Å². The molecule has 0 bridgehead atoms. The standard InChI is InChI=1S/C20H20F2N4O4/c21-20(22)28-5-1-2-15-10-26-18(30-15)8-16(25-26)19(27)24-14-7-13-6-12(9-23)3-4-17(13)29-11-14/h3-4,6,8,14-15,20H,1-2,5,7,10-11H2,(H,24,27)/t14-,15-/m1/s1. The fourth-order valence-electron chi connectivity index (χ4n) is 3.59. The van der Waals surface area contributed by atoms with Crippen LogP contribution in [0.1, 0.15) is 34.5 Å². The average molecular weight is 418 g/mol. The molecule has 8 nitrogen and oxygen atoms in total. The van der Waals surface area contributed by atoms with Gasteiger partial charge in [0.1, 0.15) is 18.5 Å². The highest BCUT2D eigenvalue weighted by Gasteiger charge is 2.28. The van der Waals surface area contributed by atoms with Crippen molar-refractivity contribution in [1.29, 1.82) is 5.26 Å². The van der Waals surface area contributed by atoms with Crippen molar-refractivity contribution in [3.8, 4) is 17.7 Å². The largest absolute Gasteiger partial charge is 0.491 e. The van der Waals surface area contributed by atoms with E-state index in [1.165, 1.54) is 0 Å². The van der Waals surface area contributed by atoms with Crippen molar-refractivity contribution in [1.82, 2.24) is 15.1 Å². The summed E-state index contributed by atoms with van der Waals surface area (Å²) in [7, 11) is 0. The molecule has 158 valence electrons. The summed E-state index contributed by atoms with van der Waals surface area (Å²) >= 11 is 0. The van der Waals surface area contributed by atoms with E-state index >= 15 is 0 Å². The first kappa shape index (κ1) is 20.1. The first-order valence-corrected chi connectivity index (χ1v) is 9.63. The lowest BCUT2D eigenvalue weighted by atomic mass is 10.0. The number of hydrogen-bond donors (Lipinski definition) is 1. The van der Waals surface area contributed by atoms with Gasteiger partial charge in [-0.25, -0.2) is 4.68 Å². The number of nitrogens with zero attached hydrogens (tertiary/aromatic N) is 3. The molecule has 0 spiro atoms. The zero-order valence-corrected chi connectivity index (χ0v) is 16.0. The van der Waals surface area contributed by atoms with Gasteiger partial charge in [0.25, 0.3) is 5.91 Å². The van der Waals surface area contributed by atoms with Crippen LogP contribution < -0.4 is 14.8 Å². The van der Waals surface area contributed by atoms with Gasteiger partial charge in [0, 0.05) is 6.07 Å². The van der Waals surface area contributed by atoms with Gasteiger partial charge < -0.3 is 19.5 Å². The van der Waals surface area contributed by atoms with E-state index in [2.05, 4.69) is 21.2 Å². The van der Waals surface area contributed by atoms with Crippen molar-refractivity contribution in [3.05, 3.63) is 41.1 Å². The number of alkyl halides is 2. The lowest BCUT2D eigenvalue weighted by Gasteiger charge is -2.26. The average Bonchev–Trinajstić information content (AvgIpc) is 3.29. The smallest absolute Gasteiger partial charge is 0.345 e. The van der Waals surface area contributed by atoms with Crippen LogP contribution in [0.25, 0.3) is 0 Å². The lowest BCUT2D eigenvalue weighted by Crippen LogP contribution is -2.43. The third-order valence-corrected chi connectivity index (χ3v) is 4.99. The van der Waals surface area contributed by atoms with Crippen LogP contribution in [0.4, 0.5) is 8.78 Å². The minimum Gasteiger partial charge on any atom is -0.491 e. The quantitative estimate of drug-likeness (QED) is 0.693. The number of carbonyl (C=O) groups is 1. The molecule has 0 fully saturated rings. The van der Waals surface area contributed by atoms with E-state index in [-0.39, 0.29) is 30.4 Å². The van der Waals surface area contributed by atoms with Gasteiger partial charge >= 0.3 is 6.61 Å². The summed E-state index contributed by atoms with van der Waals surface area (Å²) in [6, 6.07) is 8.65. The third kappa shape index (κ3) is 4.52. The van der Waals surface area contributed by atoms with E-state index in [4.69, 9.17) is 14.7 Å². The molecule has 1 N–H and O–H groups in total. The van der Waals surface area contributed by atoms with Gasteiger partial charge in [0.15, 0.2) is 5.69 Å². The van der Waals surface area contributed by atoms with Crippen molar-refractivity contribution in [2.24, 2.45) is 0 Å². The van der Waals surface area contributed by atoms with Crippen molar-refractivity contribution in [2.45, 2.75) is 44.6 Å². The molecular weight excluding hydrogens is 398 g/mol. The van der Waals surface area contributed by atoms with Crippen molar-refractivity contribution >= 4 is 5.91 Å². The second kappa shape index (κ2) is 8.67. The highest BCUT2D eigenvalue weighted by Crippen LogP contribution is 2.27. The number of ether oxygens (including phenoxy) is 3. The Balaban J connectivity index is 1.29. The van der Waals surface area contributed by atoms with Gasteiger partial charge in [0.2, 0.25) is 5.88 Å². The molecule has 0 aliphatic carbocycles. The molecule has 2 aliphatic rings. The number of amides is 1. The molecular formula is C20H20F2N4O4. The zero-order chi connectivity index (χ0) is 21.1. The van der Waals surface area contributed by atoms with Crippen LogP contribution in [0.3, 0.4) is 0 Å². The number of hydrogen-bond acceptors (Lipinski definition) is 6. The molecule has 1 amide bonds. The number of benzene rings is 1. The molecule has 0 unspecified atom stereocenters. The van der Waals surface area contributed by atoms with Gasteiger partial charge in [-0.05, 0) is 43.0 Å². The lowest BCUT2D eigenvalue weighted by molar-refractivity contribution is -0.130. The molecule has 4 rings (SSSR count). The summed E-state index contributed by atoms with van der Waals surface area (Å²) in [6.45, 7) is -2.01. The number of fused-ring (bicyclic) bond motifs is 2. The predicted molar refractivity (Wildman–Crippen MR) is 99.4 cm³/mol. The Bertz CT molecular complexity index is 949. The van der Waals surface area contributed by atoms with Crippen LogP contribution >= 0.6 is 0 Å². The van der Waals surface area contributed by atoms with E-state index in [0.29, 0.717) is 43.9 Å². The SMILES string of the molecule is N#Cc1ccc2c(c1)C[C@@H](NC(=O)c1cc3n(n1)C[C@@H](CCCOC(F)F)O3)CO2. The van der Waals surface area contributed by atoms with E-state index in [0.717, 1.165) is 11.3 Å². The number of rotatable bonds is 7. The summed E-state index contributed by atoms with van der Waals surface area (Å²) < 4.78 is 41.2. The fraction of sp³-hybridized carbons (Fsp3) is 0.450. The summed E-state index contributed by atoms with van der Waals surface area (Å²) in [6.07, 6.45) is 1.39. The third-order valence-electron chi connectivity index (χ3n) is 4.99. The molecule has 2 atom stereocenters. The van der Waals surface area contributed by atoms with Gasteiger partial charge in [-0.15, -0.1) is 0 Å². The fourth-order valence-corrected chi connectivity index (χ4v) is 3.59. The molecule has 2 aliphatic heterocycles. The number of carbonyl (C=O) groups excluding carboxylic acids is 1. The molecule has 0 radical (unpaired) electrons. The maximum Gasteiger partial charge on any atom is 0.345 e. The van der Waals surface area contributed by atoms with E-state index in [1.54, 1.807) is 28.9 Å². The Morgan fingerprint density at radius 1 is 1.43 bits per heavy atom. The van der Waals surface area contributed by atoms with Crippen LogP contribution in [0.5, 0.6) is 11.6 Å². The molecule has 3 heterocycles. The maximum absolute atomic E-state index is 12.6. The second-order valence-corrected chi connectivity index (χ2v) is 7.18. The Labute approximate surface area is 171 Å². The normalized spacial score (nSPS) is 19.4. The second-order valence-electron chi connectivity index (χ2n) is 7.18. The monoisotopic (exact) mass is 418 g/mol. The number of nitrogens with one attached hydrogen (secondary N) is 1. The Morgan fingerprint density at radius 2 is 2.30 bits per heavy atom. The molecule has 1 aromatic heterocycles. The van der Waals surface area contributed by atoms with Crippen LogP contribution in [-0.2, 0) is 17.7 Å². The maximum atomic E-state index is 12.6. The number of halogens is 2. The molecule has 0 saturated carbocycles. The highest BCUT2D eigenvalue weighted by molar-refractivity contribution is 5.92. The van der Waals surface area contributed by atoms with Crippen molar-refractivity contribution in [2.75, 3.05) is 13.2 Å². The van der Waals surface area contributed by atoms with Gasteiger partial charge in [-0.2, -0.15) is 19.1 Å². The topological polar surface area (TPSA) is 98.4 Å². The minimum atomic E-state index is -2.76. The van der Waals surface area contributed by atoms with Crippen LogP contribution in [0, 0.1) is 11.3 Å². The first-order chi connectivity index (χ1) is 14.5. The Morgan fingerprint density at radius 3 is 3.07 bits per heavy atom. The van der Waals surface area contributed by atoms with Gasteiger partial charge in [0.05, 0.1) is 30.8 Å². The molecule has 0 saturated heterocycles. The molecule has 10 heteroatoms. The summed E-state index contributed by atoms with van der Waals surface area (Å²) in [5.74, 6) is 0.860. The highest BCUT2D eigenvalue weighted by atomic mass is 19.3. The summed E-state index contributed by atoms with van der Waals surface area (Å²) in [4.78, 5) is 12.6. The molecule has 2 aromatic rings. The summed E-state index contributed by atoms with van der Waals surface area (Å²) in [5.41, 5.74) is 1.66. The van der Waals surface area contributed by atoms with Crippen LogP contribution in [-0.4, -0.2) is 47.7 Å².